The third kappa shape index (κ3) is 3.78. The zero-order valence-electron chi connectivity index (χ0n) is 8.18. The lowest BCUT2D eigenvalue weighted by Crippen LogP contribution is -2.31. The second kappa shape index (κ2) is 5.84. The first kappa shape index (κ1) is 10.4. The quantitative estimate of drug-likeness (QED) is 0.694. The maximum Gasteiger partial charge on any atom is 0.0175 e. The van der Waals surface area contributed by atoms with E-state index in [2.05, 4.69) is 29.0 Å². The molecule has 2 nitrogen and oxygen atoms in total. The Balaban J connectivity index is 2.03. The van der Waals surface area contributed by atoms with Gasteiger partial charge < -0.3 is 10.2 Å². The van der Waals surface area contributed by atoms with Crippen molar-refractivity contribution in [3.63, 3.8) is 0 Å². The molecule has 12 heavy (non-hydrogen) atoms. The Labute approximate surface area is 80.1 Å². The second-order valence-electron chi connectivity index (χ2n) is 3.50. The van der Waals surface area contributed by atoms with Crippen molar-refractivity contribution in [2.75, 3.05) is 39.5 Å². The van der Waals surface area contributed by atoms with Crippen LogP contribution in [0.4, 0.5) is 0 Å². The molecule has 0 saturated carbocycles. The van der Waals surface area contributed by atoms with Gasteiger partial charge in [0.25, 0.3) is 0 Å². The normalized spacial score (nSPS) is 23.8. The number of likely N-dealkylation sites (N-methyl/N-ethyl adjacent to an activating group) is 2. The number of hydrogen-bond acceptors (Lipinski definition) is 3. The van der Waals surface area contributed by atoms with E-state index >= 15 is 0 Å². The van der Waals surface area contributed by atoms with Crippen molar-refractivity contribution in [2.24, 2.45) is 0 Å². The van der Waals surface area contributed by atoms with Crippen LogP contribution in [0.2, 0.25) is 0 Å². The van der Waals surface area contributed by atoms with E-state index in [4.69, 9.17) is 0 Å². The zero-order valence-corrected chi connectivity index (χ0v) is 8.99. The molecule has 0 aromatic carbocycles. The van der Waals surface area contributed by atoms with Gasteiger partial charge in [-0.15, -0.1) is 0 Å². The van der Waals surface area contributed by atoms with E-state index in [1.54, 1.807) is 0 Å². The van der Waals surface area contributed by atoms with Crippen LogP contribution in [0.1, 0.15) is 12.8 Å². The van der Waals surface area contributed by atoms with Crippen molar-refractivity contribution >= 4 is 11.8 Å². The molecule has 1 rings (SSSR count). The molecular formula is C9H20N2S. The molecule has 0 radical (unpaired) electrons. The van der Waals surface area contributed by atoms with Crippen LogP contribution < -0.4 is 5.32 Å². The highest BCUT2D eigenvalue weighted by Crippen LogP contribution is 2.26. The summed E-state index contributed by atoms with van der Waals surface area (Å²) >= 11 is 2.14. The number of nitrogens with zero attached hydrogens (tertiary/aromatic N) is 1. The number of hydrogen-bond donors (Lipinski definition) is 1. The van der Waals surface area contributed by atoms with Gasteiger partial charge in [0.1, 0.15) is 0 Å². The molecular weight excluding hydrogens is 168 g/mol. The van der Waals surface area contributed by atoms with Gasteiger partial charge in [0, 0.05) is 24.9 Å². The summed E-state index contributed by atoms with van der Waals surface area (Å²) in [6.45, 7) is 3.55. The summed E-state index contributed by atoms with van der Waals surface area (Å²) in [6.07, 6.45) is 2.85. The predicted molar refractivity (Wildman–Crippen MR) is 56.9 cm³/mol. The first-order valence-corrected chi connectivity index (χ1v) is 5.82. The molecule has 1 fully saturated rings. The summed E-state index contributed by atoms with van der Waals surface area (Å²) < 4.78 is 0. The first-order chi connectivity index (χ1) is 5.83. The highest BCUT2D eigenvalue weighted by molar-refractivity contribution is 8.00. The average molecular weight is 188 g/mol. The van der Waals surface area contributed by atoms with Crippen LogP contribution in [0.15, 0.2) is 0 Å². The van der Waals surface area contributed by atoms with Gasteiger partial charge in [0.05, 0.1) is 0 Å². The summed E-state index contributed by atoms with van der Waals surface area (Å²) in [5.41, 5.74) is 0. The van der Waals surface area contributed by atoms with E-state index in [1.165, 1.54) is 31.7 Å². The van der Waals surface area contributed by atoms with Gasteiger partial charge in [-0.05, 0) is 32.7 Å². The molecule has 1 unspecified atom stereocenters. The fraction of sp³-hybridized carbons (Fsp3) is 1.00. The maximum atomic E-state index is 3.18. The zero-order chi connectivity index (χ0) is 8.81. The van der Waals surface area contributed by atoms with Gasteiger partial charge in [-0.2, -0.15) is 11.8 Å². The van der Waals surface area contributed by atoms with Crippen molar-refractivity contribution in [1.29, 1.82) is 0 Å². The minimum absolute atomic E-state index is 0.909. The summed E-state index contributed by atoms with van der Waals surface area (Å²) in [4.78, 5) is 2.43. The summed E-state index contributed by atoms with van der Waals surface area (Å²) in [5.74, 6) is 1.38. The van der Waals surface area contributed by atoms with Crippen LogP contribution in [0.5, 0.6) is 0 Å². The fourth-order valence-corrected chi connectivity index (χ4v) is 2.89. The molecule has 0 aromatic rings. The largest absolute Gasteiger partial charge is 0.318 e. The molecule has 1 atom stereocenters. The average Bonchev–Trinajstić information content (AvgIpc) is 2.53. The van der Waals surface area contributed by atoms with E-state index in [9.17, 15) is 0 Å². The lowest BCUT2D eigenvalue weighted by Gasteiger charge is -2.19. The molecule has 1 aliphatic rings. The van der Waals surface area contributed by atoms with Crippen LogP contribution in [-0.2, 0) is 0 Å². The minimum atomic E-state index is 0.909. The second-order valence-corrected chi connectivity index (χ2v) is 4.91. The third-order valence-corrected chi connectivity index (χ3v) is 3.66. The molecule has 0 aromatic heterocycles. The van der Waals surface area contributed by atoms with E-state index in [0.29, 0.717) is 0 Å². The molecule has 72 valence electrons. The van der Waals surface area contributed by atoms with Crippen LogP contribution >= 0.6 is 11.8 Å². The molecule has 0 bridgehead atoms. The van der Waals surface area contributed by atoms with Gasteiger partial charge in [0.2, 0.25) is 0 Å². The van der Waals surface area contributed by atoms with Gasteiger partial charge in [-0.1, -0.05) is 0 Å². The van der Waals surface area contributed by atoms with Crippen LogP contribution in [0.3, 0.4) is 0 Å². The Kier molecular flexibility index (Phi) is 5.04. The highest BCUT2D eigenvalue weighted by Gasteiger charge is 2.16. The molecule has 0 aliphatic carbocycles. The van der Waals surface area contributed by atoms with Gasteiger partial charge in [0.15, 0.2) is 0 Å². The van der Waals surface area contributed by atoms with Crippen molar-refractivity contribution in [2.45, 2.75) is 18.1 Å². The Morgan fingerprint density at radius 1 is 1.58 bits per heavy atom. The van der Waals surface area contributed by atoms with E-state index < -0.39 is 0 Å². The summed E-state index contributed by atoms with van der Waals surface area (Å²) in [7, 11) is 4.23. The minimum Gasteiger partial charge on any atom is -0.318 e. The van der Waals surface area contributed by atoms with Crippen molar-refractivity contribution in [1.82, 2.24) is 10.2 Å². The van der Waals surface area contributed by atoms with Gasteiger partial charge in [-0.3, -0.25) is 0 Å². The monoisotopic (exact) mass is 188 g/mol. The smallest absolute Gasteiger partial charge is 0.0175 e. The molecule has 1 saturated heterocycles. The number of nitrogens with one attached hydrogen (secondary N) is 1. The molecule has 0 spiro atoms. The molecule has 1 heterocycles. The van der Waals surface area contributed by atoms with E-state index in [-0.39, 0.29) is 0 Å². The van der Waals surface area contributed by atoms with Crippen molar-refractivity contribution < 1.29 is 0 Å². The van der Waals surface area contributed by atoms with Gasteiger partial charge >= 0.3 is 0 Å². The Morgan fingerprint density at radius 3 is 3.00 bits per heavy atom. The van der Waals surface area contributed by atoms with Crippen molar-refractivity contribution in [3.8, 4) is 0 Å². The molecule has 1 N–H and O–H groups in total. The molecule has 0 amide bonds. The topological polar surface area (TPSA) is 15.3 Å². The Morgan fingerprint density at radius 2 is 2.42 bits per heavy atom. The Bertz CT molecular complexity index is 113. The lowest BCUT2D eigenvalue weighted by molar-refractivity contribution is 0.334. The molecule has 1 aliphatic heterocycles. The van der Waals surface area contributed by atoms with E-state index in [1.807, 2.05) is 7.05 Å². The Hall–Kier alpha value is 0.270. The van der Waals surface area contributed by atoms with Gasteiger partial charge in [-0.25, -0.2) is 0 Å². The maximum absolute atomic E-state index is 3.18. The standard InChI is InChI=1S/C9H20N2S/c1-10-5-6-11(2)8-9-4-3-7-12-9/h9-10H,3-8H2,1-2H3. The predicted octanol–water partition coefficient (Wildman–Crippen LogP) is 1.03. The van der Waals surface area contributed by atoms with Crippen molar-refractivity contribution in [3.05, 3.63) is 0 Å². The van der Waals surface area contributed by atoms with E-state index in [0.717, 1.165) is 11.8 Å². The summed E-state index contributed by atoms with van der Waals surface area (Å²) in [5, 5.41) is 4.08. The number of rotatable bonds is 5. The molecule has 3 heteroatoms. The summed E-state index contributed by atoms with van der Waals surface area (Å²) in [6, 6.07) is 0. The fourth-order valence-electron chi connectivity index (χ4n) is 1.53. The number of thioether (sulfide) groups is 1. The van der Waals surface area contributed by atoms with Crippen LogP contribution in [0.25, 0.3) is 0 Å². The first-order valence-electron chi connectivity index (χ1n) is 4.77. The van der Waals surface area contributed by atoms with Crippen LogP contribution in [-0.4, -0.2) is 49.6 Å². The third-order valence-electron chi connectivity index (χ3n) is 2.28. The lowest BCUT2D eigenvalue weighted by atomic mass is 10.2. The highest BCUT2D eigenvalue weighted by atomic mass is 32.2. The van der Waals surface area contributed by atoms with Crippen LogP contribution in [0, 0.1) is 0 Å². The SMILES string of the molecule is CNCCN(C)CC1CCCS1.